The normalized spacial score (nSPS) is 40.7. The molecule has 0 spiro atoms. The van der Waals surface area contributed by atoms with E-state index >= 15 is 0 Å². The van der Waals surface area contributed by atoms with E-state index in [-0.39, 0.29) is 17.6 Å². The van der Waals surface area contributed by atoms with Gasteiger partial charge in [0.2, 0.25) is 0 Å². The molecule has 3 aliphatic rings. The summed E-state index contributed by atoms with van der Waals surface area (Å²) in [5.41, 5.74) is 8.46. The number of fused-ring (bicyclic) bond motifs is 5. The molecule has 2 fully saturated rings. The molecule has 3 aliphatic carbocycles. The van der Waals surface area contributed by atoms with Gasteiger partial charge in [0.05, 0.1) is 6.10 Å². The maximum atomic E-state index is 10.5. The first-order valence-corrected chi connectivity index (χ1v) is 9.49. The third-order valence-corrected chi connectivity index (χ3v) is 7.28. The number of aliphatic hydroxyl groups excluding tert-OH is 1. The number of aromatic hydroxyl groups is 1. The fraction of sp³-hybridized carbons (Fsp3) is 0.700. The molecule has 0 bridgehead atoms. The number of nitrogens with two attached hydrogens (primary N) is 1. The van der Waals surface area contributed by atoms with Gasteiger partial charge >= 0.3 is 0 Å². The Kier molecular flexibility index (Phi) is 4.10. The minimum absolute atomic E-state index is 0.0913. The first-order valence-electron chi connectivity index (χ1n) is 9.49. The molecule has 4 nitrogen and oxygen atoms in total. The molecule has 0 heterocycles. The maximum absolute atomic E-state index is 10.5. The van der Waals surface area contributed by atoms with Crippen molar-refractivity contribution in [1.29, 1.82) is 0 Å². The molecule has 2 saturated carbocycles. The molecule has 4 rings (SSSR count). The lowest BCUT2D eigenvalue weighted by Crippen LogP contribution is -2.46. The van der Waals surface area contributed by atoms with Gasteiger partial charge in [0, 0.05) is 19.1 Å². The number of nitrogens with one attached hydrogen (secondary N) is 1. The van der Waals surface area contributed by atoms with E-state index in [2.05, 4.69) is 18.3 Å². The van der Waals surface area contributed by atoms with Crippen molar-refractivity contribution in [3.63, 3.8) is 0 Å². The molecule has 1 aromatic carbocycles. The van der Waals surface area contributed by atoms with Gasteiger partial charge in [0.1, 0.15) is 5.75 Å². The topological polar surface area (TPSA) is 78.5 Å². The zero-order chi connectivity index (χ0) is 16.9. The monoisotopic (exact) mass is 330 g/mol. The number of rotatable bonds is 3. The summed E-state index contributed by atoms with van der Waals surface area (Å²) in [6.45, 7) is 3.72. The van der Waals surface area contributed by atoms with E-state index in [1.165, 1.54) is 11.1 Å². The first-order chi connectivity index (χ1) is 11.5. The van der Waals surface area contributed by atoms with E-state index in [0.29, 0.717) is 30.0 Å². The van der Waals surface area contributed by atoms with E-state index in [4.69, 9.17) is 5.73 Å². The molecule has 24 heavy (non-hydrogen) atoms. The quantitative estimate of drug-likeness (QED) is 0.687. The minimum Gasteiger partial charge on any atom is -0.508 e. The number of hydrogen-bond donors (Lipinski definition) is 4. The third-order valence-electron chi connectivity index (χ3n) is 7.28. The molecular weight excluding hydrogens is 300 g/mol. The van der Waals surface area contributed by atoms with Crippen LogP contribution in [0.5, 0.6) is 5.75 Å². The molecule has 0 aromatic heterocycles. The lowest BCUT2D eigenvalue weighted by molar-refractivity contribution is -0.0259. The van der Waals surface area contributed by atoms with Crippen LogP contribution in [-0.4, -0.2) is 29.4 Å². The lowest BCUT2D eigenvalue weighted by Gasteiger charge is -2.51. The Morgan fingerprint density at radius 3 is 2.88 bits per heavy atom. The van der Waals surface area contributed by atoms with Crippen LogP contribution >= 0.6 is 0 Å². The second-order valence-electron chi connectivity index (χ2n) is 8.36. The van der Waals surface area contributed by atoms with Gasteiger partial charge in [-0.05, 0) is 78.5 Å². The van der Waals surface area contributed by atoms with E-state index in [9.17, 15) is 10.2 Å². The highest BCUT2D eigenvalue weighted by Crippen LogP contribution is 2.62. The van der Waals surface area contributed by atoms with Crippen LogP contribution in [0, 0.1) is 17.3 Å². The van der Waals surface area contributed by atoms with Crippen LogP contribution in [0.15, 0.2) is 18.2 Å². The van der Waals surface area contributed by atoms with Crippen molar-refractivity contribution in [3.05, 3.63) is 29.3 Å². The van der Waals surface area contributed by atoms with Gasteiger partial charge in [0.15, 0.2) is 0 Å². The second kappa shape index (κ2) is 6.01. The Morgan fingerprint density at radius 2 is 2.08 bits per heavy atom. The number of hydrogen-bond acceptors (Lipinski definition) is 4. The van der Waals surface area contributed by atoms with E-state index in [0.717, 1.165) is 38.6 Å². The Hall–Kier alpha value is -1.10. The molecule has 4 heteroatoms. The van der Waals surface area contributed by atoms with Gasteiger partial charge in [-0.25, -0.2) is 0 Å². The van der Waals surface area contributed by atoms with E-state index in [1.54, 1.807) is 0 Å². The maximum Gasteiger partial charge on any atom is 0.115 e. The van der Waals surface area contributed by atoms with Crippen LogP contribution < -0.4 is 11.1 Å². The van der Waals surface area contributed by atoms with Gasteiger partial charge < -0.3 is 21.3 Å². The van der Waals surface area contributed by atoms with Crippen molar-refractivity contribution >= 4 is 0 Å². The van der Waals surface area contributed by atoms with Crippen LogP contribution in [0.25, 0.3) is 0 Å². The van der Waals surface area contributed by atoms with E-state index < -0.39 is 0 Å². The molecule has 1 unspecified atom stereocenters. The van der Waals surface area contributed by atoms with Crippen molar-refractivity contribution in [2.45, 2.75) is 57.1 Å². The Morgan fingerprint density at radius 1 is 1.25 bits per heavy atom. The number of phenolic OH excluding ortho intramolecular Hbond substituents is 1. The van der Waals surface area contributed by atoms with Gasteiger partial charge in [-0.2, -0.15) is 0 Å². The first kappa shape index (κ1) is 16.4. The zero-order valence-corrected chi connectivity index (χ0v) is 14.5. The summed E-state index contributed by atoms with van der Waals surface area (Å²) in [6, 6.07) is 6.17. The number of aliphatic hydroxyl groups is 1. The zero-order valence-electron chi connectivity index (χ0n) is 14.5. The van der Waals surface area contributed by atoms with Crippen LogP contribution in [0.3, 0.4) is 0 Å². The average molecular weight is 330 g/mol. The van der Waals surface area contributed by atoms with Crippen LogP contribution in [0.2, 0.25) is 0 Å². The summed E-state index contributed by atoms with van der Waals surface area (Å²) in [4.78, 5) is 0. The van der Waals surface area contributed by atoms with Gasteiger partial charge in [-0.1, -0.05) is 13.0 Å². The molecule has 6 atom stereocenters. The van der Waals surface area contributed by atoms with Gasteiger partial charge in [0.25, 0.3) is 0 Å². The highest BCUT2D eigenvalue weighted by Gasteiger charge is 2.55. The predicted molar refractivity (Wildman–Crippen MR) is 94.8 cm³/mol. The summed E-state index contributed by atoms with van der Waals surface area (Å²) in [5.74, 6) is 2.15. The number of benzene rings is 1. The molecule has 1 aromatic rings. The molecule has 0 saturated heterocycles. The Bertz CT molecular complexity index is 620. The highest BCUT2D eigenvalue weighted by atomic mass is 16.3. The SMILES string of the molecule is C[C@]12CC[C@@H]3c4ccc(O)cc4C(NCCN)C[C@H]3[C@@H]1CC[C@@H]2O. The van der Waals surface area contributed by atoms with Crippen molar-refractivity contribution in [3.8, 4) is 5.75 Å². The van der Waals surface area contributed by atoms with Crippen molar-refractivity contribution < 1.29 is 10.2 Å². The third kappa shape index (κ3) is 2.39. The molecule has 5 N–H and O–H groups in total. The summed E-state index contributed by atoms with van der Waals surface area (Å²) >= 11 is 0. The molecule has 0 aliphatic heterocycles. The minimum atomic E-state index is -0.139. The van der Waals surface area contributed by atoms with Gasteiger partial charge in [-0.15, -0.1) is 0 Å². The van der Waals surface area contributed by atoms with Crippen molar-refractivity contribution in [1.82, 2.24) is 5.32 Å². The van der Waals surface area contributed by atoms with Crippen molar-refractivity contribution in [2.24, 2.45) is 23.0 Å². The van der Waals surface area contributed by atoms with Crippen LogP contribution in [-0.2, 0) is 0 Å². The largest absolute Gasteiger partial charge is 0.508 e. The van der Waals surface area contributed by atoms with Crippen LogP contribution in [0.4, 0.5) is 0 Å². The predicted octanol–water partition coefficient (Wildman–Crippen LogP) is 2.66. The Labute approximate surface area is 144 Å². The number of phenols is 1. The summed E-state index contributed by atoms with van der Waals surface area (Å²) in [6.07, 6.45) is 5.31. The molecule has 132 valence electrons. The lowest BCUT2D eigenvalue weighted by atomic mass is 9.54. The van der Waals surface area contributed by atoms with Crippen molar-refractivity contribution in [2.75, 3.05) is 13.1 Å². The second-order valence-corrected chi connectivity index (χ2v) is 8.36. The summed E-state index contributed by atoms with van der Waals surface area (Å²) in [5, 5.41) is 24.1. The fourth-order valence-electron chi connectivity index (χ4n) is 6.03. The van der Waals surface area contributed by atoms with E-state index in [1.807, 2.05) is 12.1 Å². The summed E-state index contributed by atoms with van der Waals surface area (Å²) in [7, 11) is 0. The molecule has 0 radical (unpaired) electrons. The Balaban J connectivity index is 1.71. The smallest absolute Gasteiger partial charge is 0.115 e. The standard InChI is InChI=1S/C20H30N2O2/c1-20-7-6-14-13-3-2-12(23)10-16(13)18(22-9-8-21)11-15(14)17(20)4-5-19(20)24/h2-3,10,14-15,17-19,22-24H,4-9,11,21H2,1H3/t14-,15-,17+,18?,19+,20+/m1/s1. The van der Waals surface area contributed by atoms with Gasteiger partial charge in [-0.3, -0.25) is 0 Å². The fourth-order valence-corrected chi connectivity index (χ4v) is 6.03. The highest BCUT2D eigenvalue weighted by molar-refractivity contribution is 5.42. The molecular formula is C20H30N2O2. The van der Waals surface area contributed by atoms with Crippen LogP contribution in [0.1, 0.15) is 62.1 Å². The average Bonchev–Trinajstić information content (AvgIpc) is 2.88. The molecule has 0 amide bonds. The summed E-state index contributed by atoms with van der Waals surface area (Å²) < 4.78 is 0.